The largest absolute Gasteiger partial charge is 0.301 e. The van der Waals surface area contributed by atoms with Gasteiger partial charge in [0.1, 0.15) is 0 Å². The molecule has 0 radical (unpaired) electrons. The van der Waals surface area contributed by atoms with Crippen molar-refractivity contribution in [2.75, 3.05) is 13.6 Å². The van der Waals surface area contributed by atoms with Gasteiger partial charge < -0.3 is 4.90 Å². The van der Waals surface area contributed by atoms with Crippen LogP contribution in [0.4, 0.5) is 0 Å². The molecule has 1 aliphatic heterocycles. The van der Waals surface area contributed by atoms with Crippen LogP contribution in [0.2, 0.25) is 0 Å². The number of aryl methyl sites for hydroxylation is 1. The molecule has 0 spiro atoms. The molecule has 0 N–H and O–H groups in total. The highest BCUT2D eigenvalue weighted by atomic mass is 32.1. The Labute approximate surface area is 77.2 Å². The second kappa shape index (κ2) is 3.15. The van der Waals surface area contributed by atoms with Gasteiger partial charge in [0.25, 0.3) is 0 Å². The number of hydrogen-bond acceptors (Lipinski definition) is 3. The van der Waals surface area contributed by atoms with Gasteiger partial charge in [-0.25, -0.2) is 4.98 Å². The summed E-state index contributed by atoms with van der Waals surface area (Å²) in [6.45, 7) is 4.45. The third-order valence-electron chi connectivity index (χ3n) is 2.27. The SMILES string of the molecule is CCc1nc2c(s1)CN(C)CC2. The summed E-state index contributed by atoms with van der Waals surface area (Å²) in [5, 5.41) is 1.30. The van der Waals surface area contributed by atoms with E-state index in [9.17, 15) is 0 Å². The Balaban J connectivity index is 2.28. The molecule has 0 fully saturated rings. The topological polar surface area (TPSA) is 16.1 Å². The van der Waals surface area contributed by atoms with Gasteiger partial charge >= 0.3 is 0 Å². The summed E-state index contributed by atoms with van der Waals surface area (Å²) in [5.41, 5.74) is 1.36. The number of fused-ring (bicyclic) bond motifs is 1. The number of hydrogen-bond donors (Lipinski definition) is 0. The van der Waals surface area contributed by atoms with E-state index in [4.69, 9.17) is 0 Å². The van der Waals surface area contributed by atoms with Crippen molar-refractivity contribution in [2.45, 2.75) is 26.3 Å². The van der Waals surface area contributed by atoms with E-state index in [-0.39, 0.29) is 0 Å². The van der Waals surface area contributed by atoms with Crippen molar-refractivity contribution >= 4 is 11.3 Å². The number of rotatable bonds is 1. The van der Waals surface area contributed by atoms with Gasteiger partial charge in [-0.2, -0.15) is 0 Å². The summed E-state index contributed by atoms with van der Waals surface area (Å²) in [7, 11) is 2.17. The van der Waals surface area contributed by atoms with Crippen molar-refractivity contribution in [1.29, 1.82) is 0 Å². The quantitative estimate of drug-likeness (QED) is 0.657. The van der Waals surface area contributed by atoms with Crippen LogP contribution in [0.25, 0.3) is 0 Å². The maximum Gasteiger partial charge on any atom is 0.0928 e. The zero-order valence-electron chi connectivity index (χ0n) is 7.63. The summed E-state index contributed by atoms with van der Waals surface area (Å²) in [6, 6.07) is 0. The summed E-state index contributed by atoms with van der Waals surface area (Å²) in [6.07, 6.45) is 2.23. The second-order valence-corrected chi connectivity index (χ2v) is 4.49. The molecule has 0 amide bonds. The molecule has 2 rings (SSSR count). The summed E-state index contributed by atoms with van der Waals surface area (Å²) < 4.78 is 0. The molecule has 66 valence electrons. The standard InChI is InChI=1S/C9H14N2S/c1-3-9-10-7-4-5-11(2)6-8(7)12-9/h3-6H2,1-2H3. The van der Waals surface area contributed by atoms with Crippen molar-refractivity contribution in [3.8, 4) is 0 Å². The average molecular weight is 182 g/mol. The van der Waals surface area contributed by atoms with Gasteiger partial charge in [0.15, 0.2) is 0 Å². The Morgan fingerprint density at radius 2 is 2.42 bits per heavy atom. The van der Waals surface area contributed by atoms with E-state index in [1.807, 2.05) is 11.3 Å². The lowest BCUT2D eigenvalue weighted by Crippen LogP contribution is -2.25. The molecular formula is C9H14N2S. The monoisotopic (exact) mass is 182 g/mol. The summed E-state index contributed by atoms with van der Waals surface area (Å²) in [5.74, 6) is 0. The highest BCUT2D eigenvalue weighted by Crippen LogP contribution is 2.24. The fourth-order valence-corrected chi connectivity index (χ4v) is 2.66. The van der Waals surface area contributed by atoms with Gasteiger partial charge in [-0.3, -0.25) is 0 Å². The minimum absolute atomic E-state index is 1.08. The van der Waals surface area contributed by atoms with E-state index in [1.54, 1.807) is 0 Å². The molecule has 0 saturated carbocycles. The fraction of sp³-hybridized carbons (Fsp3) is 0.667. The van der Waals surface area contributed by atoms with Gasteiger partial charge in [-0.15, -0.1) is 11.3 Å². The van der Waals surface area contributed by atoms with Crippen LogP contribution in [0.5, 0.6) is 0 Å². The molecule has 0 aromatic carbocycles. The molecule has 1 aromatic heterocycles. The summed E-state index contributed by atoms with van der Waals surface area (Å²) in [4.78, 5) is 8.44. The van der Waals surface area contributed by atoms with Crippen LogP contribution in [-0.4, -0.2) is 23.5 Å². The first-order valence-corrected chi connectivity index (χ1v) is 5.27. The molecule has 0 aliphatic carbocycles. The Morgan fingerprint density at radius 1 is 1.58 bits per heavy atom. The van der Waals surface area contributed by atoms with E-state index in [0.29, 0.717) is 0 Å². The molecule has 12 heavy (non-hydrogen) atoms. The molecule has 2 heterocycles. The number of thiazole rings is 1. The minimum Gasteiger partial charge on any atom is -0.301 e. The Hall–Kier alpha value is -0.410. The lowest BCUT2D eigenvalue weighted by atomic mass is 10.2. The van der Waals surface area contributed by atoms with E-state index >= 15 is 0 Å². The van der Waals surface area contributed by atoms with Gasteiger partial charge in [0, 0.05) is 24.4 Å². The lowest BCUT2D eigenvalue weighted by molar-refractivity contribution is 0.314. The van der Waals surface area contributed by atoms with Crippen molar-refractivity contribution in [3.63, 3.8) is 0 Å². The highest BCUT2D eigenvalue weighted by Gasteiger charge is 2.17. The van der Waals surface area contributed by atoms with Crippen molar-refractivity contribution in [3.05, 3.63) is 15.6 Å². The molecule has 0 unspecified atom stereocenters. The first-order valence-electron chi connectivity index (χ1n) is 4.45. The van der Waals surface area contributed by atoms with Crippen LogP contribution < -0.4 is 0 Å². The normalized spacial score (nSPS) is 17.8. The lowest BCUT2D eigenvalue weighted by Gasteiger charge is -2.20. The van der Waals surface area contributed by atoms with Crippen LogP contribution in [0.15, 0.2) is 0 Å². The van der Waals surface area contributed by atoms with Crippen LogP contribution in [0.1, 0.15) is 22.5 Å². The smallest absolute Gasteiger partial charge is 0.0928 e. The van der Waals surface area contributed by atoms with E-state index < -0.39 is 0 Å². The van der Waals surface area contributed by atoms with E-state index in [1.165, 1.54) is 22.1 Å². The van der Waals surface area contributed by atoms with Gasteiger partial charge in [0.2, 0.25) is 0 Å². The van der Waals surface area contributed by atoms with Crippen LogP contribution in [-0.2, 0) is 19.4 Å². The number of aromatic nitrogens is 1. The van der Waals surface area contributed by atoms with Gasteiger partial charge in [-0.1, -0.05) is 6.92 Å². The predicted molar refractivity (Wildman–Crippen MR) is 51.5 cm³/mol. The zero-order chi connectivity index (χ0) is 8.55. The van der Waals surface area contributed by atoms with Crippen LogP contribution in [0, 0.1) is 0 Å². The van der Waals surface area contributed by atoms with E-state index in [0.717, 1.165) is 19.4 Å². The Kier molecular flexibility index (Phi) is 2.15. The number of nitrogens with zero attached hydrogens (tertiary/aromatic N) is 2. The molecular weight excluding hydrogens is 168 g/mol. The molecule has 2 nitrogen and oxygen atoms in total. The van der Waals surface area contributed by atoms with Gasteiger partial charge in [-0.05, 0) is 13.5 Å². The molecule has 0 atom stereocenters. The minimum atomic E-state index is 1.08. The van der Waals surface area contributed by atoms with E-state index in [2.05, 4.69) is 23.9 Å². The second-order valence-electron chi connectivity index (χ2n) is 3.32. The summed E-state index contributed by atoms with van der Waals surface area (Å²) >= 11 is 1.89. The highest BCUT2D eigenvalue weighted by molar-refractivity contribution is 7.11. The maximum atomic E-state index is 4.60. The van der Waals surface area contributed by atoms with Gasteiger partial charge in [0.05, 0.1) is 10.7 Å². The number of likely N-dealkylation sites (N-methyl/N-ethyl adjacent to an activating group) is 1. The molecule has 0 saturated heterocycles. The predicted octanol–water partition coefficient (Wildman–Crippen LogP) is 1.69. The zero-order valence-corrected chi connectivity index (χ0v) is 8.45. The fourth-order valence-electron chi connectivity index (χ4n) is 1.53. The van der Waals surface area contributed by atoms with Crippen LogP contribution >= 0.6 is 11.3 Å². The Morgan fingerprint density at radius 3 is 3.17 bits per heavy atom. The molecule has 1 aliphatic rings. The van der Waals surface area contributed by atoms with Crippen molar-refractivity contribution in [2.24, 2.45) is 0 Å². The maximum absolute atomic E-state index is 4.60. The third kappa shape index (κ3) is 1.39. The first-order chi connectivity index (χ1) is 5.79. The van der Waals surface area contributed by atoms with Crippen molar-refractivity contribution in [1.82, 2.24) is 9.88 Å². The average Bonchev–Trinajstić information content (AvgIpc) is 2.46. The molecule has 0 bridgehead atoms. The Bertz CT molecular complexity index is 280. The molecule has 1 aromatic rings. The van der Waals surface area contributed by atoms with Crippen molar-refractivity contribution < 1.29 is 0 Å². The first kappa shape index (κ1) is 8.20. The molecule has 3 heteroatoms. The third-order valence-corrected chi connectivity index (χ3v) is 3.50. The van der Waals surface area contributed by atoms with Crippen LogP contribution in [0.3, 0.4) is 0 Å².